The Hall–Kier alpha value is -2.59. The second-order valence-corrected chi connectivity index (χ2v) is 10.1. The standard InChI is InChI=1S/C23H24F3N5OS/c1-13-30-31-21(33-13)15-2-3-16-12-28-18(11-17(16)10-15)19(22(6-7-22)23(24,25)26)29-20(32)14-4-8-27-9-5-14/h2-3,10-12,14,19,27H,4-9H2,1H3,(H,29,32). The van der Waals surface area contributed by atoms with E-state index < -0.39 is 17.6 Å². The van der Waals surface area contributed by atoms with Gasteiger partial charge in [0, 0.05) is 23.1 Å². The SMILES string of the molecule is Cc1nnc(-c2ccc3cnc(C(NC(=O)C4CCNCC4)C4(C(F)(F)F)CC4)cc3c2)s1. The molecule has 10 heteroatoms. The van der Waals surface area contributed by atoms with Crippen molar-refractivity contribution in [2.45, 2.75) is 44.8 Å². The van der Waals surface area contributed by atoms with Gasteiger partial charge in [-0.15, -0.1) is 10.2 Å². The Bertz CT molecular complexity index is 1180. The molecule has 1 aromatic carbocycles. The number of halogens is 3. The molecule has 174 valence electrons. The number of rotatable bonds is 5. The van der Waals surface area contributed by atoms with Crippen molar-refractivity contribution in [1.29, 1.82) is 0 Å². The first-order valence-corrected chi connectivity index (χ1v) is 11.9. The zero-order valence-electron chi connectivity index (χ0n) is 18.1. The van der Waals surface area contributed by atoms with E-state index in [0.717, 1.165) is 26.4 Å². The molecule has 3 aromatic rings. The fourth-order valence-corrected chi connectivity index (χ4v) is 5.26. The van der Waals surface area contributed by atoms with Crippen LogP contribution in [0.5, 0.6) is 0 Å². The van der Waals surface area contributed by atoms with Crippen LogP contribution in [-0.4, -0.2) is 40.4 Å². The Labute approximate surface area is 193 Å². The molecule has 1 aliphatic heterocycles. The molecule has 6 nitrogen and oxygen atoms in total. The van der Waals surface area contributed by atoms with Crippen LogP contribution >= 0.6 is 11.3 Å². The quantitative estimate of drug-likeness (QED) is 0.566. The molecule has 0 bridgehead atoms. The summed E-state index contributed by atoms with van der Waals surface area (Å²) in [6, 6.07) is 6.12. The predicted molar refractivity (Wildman–Crippen MR) is 120 cm³/mol. The fourth-order valence-electron chi connectivity index (χ4n) is 4.57. The molecule has 1 amide bonds. The molecule has 5 rings (SSSR count). The molecule has 2 fully saturated rings. The molecule has 3 heterocycles. The van der Waals surface area contributed by atoms with E-state index in [1.807, 2.05) is 25.1 Å². The van der Waals surface area contributed by atoms with Crippen LogP contribution in [0.2, 0.25) is 0 Å². The summed E-state index contributed by atoms with van der Waals surface area (Å²) in [5.41, 5.74) is -0.882. The molecule has 1 unspecified atom stereocenters. The van der Waals surface area contributed by atoms with Crippen molar-refractivity contribution < 1.29 is 18.0 Å². The van der Waals surface area contributed by atoms with Crippen molar-refractivity contribution in [3.63, 3.8) is 0 Å². The van der Waals surface area contributed by atoms with E-state index in [0.29, 0.717) is 25.9 Å². The number of pyridine rings is 1. The van der Waals surface area contributed by atoms with E-state index in [-0.39, 0.29) is 30.4 Å². The number of amides is 1. The van der Waals surface area contributed by atoms with Gasteiger partial charge in [0.2, 0.25) is 5.91 Å². The largest absolute Gasteiger partial charge is 0.396 e. The van der Waals surface area contributed by atoms with E-state index in [1.54, 1.807) is 12.3 Å². The van der Waals surface area contributed by atoms with Gasteiger partial charge < -0.3 is 10.6 Å². The summed E-state index contributed by atoms with van der Waals surface area (Å²) in [7, 11) is 0. The topological polar surface area (TPSA) is 79.8 Å². The number of nitrogens with zero attached hydrogens (tertiary/aromatic N) is 3. The molecule has 1 aliphatic carbocycles. The maximum Gasteiger partial charge on any atom is 0.396 e. The van der Waals surface area contributed by atoms with E-state index in [1.165, 1.54) is 11.3 Å². The first kappa shape index (κ1) is 22.2. The van der Waals surface area contributed by atoms with Gasteiger partial charge in [0.1, 0.15) is 10.0 Å². The van der Waals surface area contributed by atoms with Gasteiger partial charge in [-0.2, -0.15) is 13.2 Å². The van der Waals surface area contributed by atoms with Crippen LogP contribution in [0, 0.1) is 18.3 Å². The van der Waals surface area contributed by atoms with Crippen molar-refractivity contribution in [3.05, 3.63) is 41.2 Å². The lowest BCUT2D eigenvalue weighted by atomic mass is 9.89. The van der Waals surface area contributed by atoms with Gasteiger partial charge in [-0.3, -0.25) is 9.78 Å². The Morgan fingerprint density at radius 1 is 1.18 bits per heavy atom. The van der Waals surface area contributed by atoms with E-state index in [9.17, 15) is 18.0 Å². The van der Waals surface area contributed by atoms with Crippen LogP contribution in [0.4, 0.5) is 13.2 Å². The third-order valence-electron chi connectivity index (χ3n) is 6.71. The lowest BCUT2D eigenvalue weighted by Crippen LogP contribution is -2.45. The summed E-state index contributed by atoms with van der Waals surface area (Å²) >= 11 is 1.45. The van der Waals surface area contributed by atoms with Crippen molar-refractivity contribution in [1.82, 2.24) is 25.8 Å². The van der Waals surface area contributed by atoms with Crippen LogP contribution in [0.3, 0.4) is 0 Å². The van der Waals surface area contributed by atoms with Gasteiger partial charge in [0.25, 0.3) is 0 Å². The smallest absolute Gasteiger partial charge is 0.347 e. The first-order valence-electron chi connectivity index (χ1n) is 11.0. The van der Waals surface area contributed by atoms with E-state index in [2.05, 4.69) is 25.8 Å². The average molecular weight is 476 g/mol. The number of hydrogen-bond acceptors (Lipinski definition) is 6. The lowest BCUT2D eigenvalue weighted by Gasteiger charge is -2.32. The molecular weight excluding hydrogens is 451 g/mol. The summed E-state index contributed by atoms with van der Waals surface area (Å²) in [5.74, 6) is -0.609. The zero-order valence-corrected chi connectivity index (χ0v) is 18.9. The highest BCUT2D eigenvalue weighted by Gasteiger charge is 2.68. The number of nitrogens with one attached hydrogen (secondary N) is 2. The zero-order chi connectivity index (χ0) is 23.2. The molecule has 1 saturated heterocycles. The van der Waals surface area contributed by atoms with Gasteiger partial charge in [-0.25, -0.2) is 0 Å². The lowest BCUT2D eigenvalue weighted by molar-refractivity contribution is -0.197. The van der Waals surface area contributed by atoms with Gasteiger partial charge in [-0.05, 0) is 63.2 Å². The van der Waals surface area contributed by atoms with Gasteiger partial charge in [-0.1, -0.05) is 23.5 Å². The van der Waals surface area contributed by atoms with Gasteiger partial charge >= 0.3 is 6.18 Å². The summed E-state index contributed by atoms with van der Waals surface area (Å²) in [5, 5.41) is 17.3. The second-order valence-electron chi connectivity index (χ2n) is 8.92. The van der Waals surface area contributed by atoms with E-state index in [4.69, 9.17) is 0 Å². The third-order valence-corrected chi connectivity index (χ3v) is 7.60. The van der Waals surface area contributed by atoms with Crippen LogP contribution < -0.4 is 10.6 Å². The highest BCUT2D eigenvalue weighted by atomic mass is 32.1. The minimum Gasteiger partial charge on any atom is -0.347 e. The molecule has 1 atom stereocenters. The third kappa shape index (κ3) is 4.21. The van der Waals surface area contributed by atoms with Crippen LogP contribution in [-0.2, 0) is 4.79 Å². The number of piperidine rings is 1. The van der Waals surface area contributed by atoms with Crippen LogP contribution in [0.25, 0.3) is 21.3 Å². The van der Waals surface area contributed by atoms with Crippen molar-refractivity contribution in [3.8, 4) is 10.6 Å². The predicted octanol–water partition coefficient (Wildman–Crippen LogP) is 4.56. The van der Waals surface area contributed by atoms with Gasteiger partial charge in [0.05, 0.1) is 17.2 Å². The monoisotopic (exact) mass is 475 g/mol. The molecule has 0 radical (unpaired) electrons. The maximum atomic E-state index is 14.1. The average Bonchev–Trinajstić information content (AvgIpc) is 3.52. The molecular formula is C23H24F3N5OS. The Balaban J connectivity index is 1.52. The highest BCUT2D eigenvalue weighted by Crippen LogP contribution is 2.64. The Morgan fingerprint density at radius 2 is 1.94 bits per heavy atom. The summed E-state index contributed by atoms with van der Waals surface area (Å²) in [6.45, 7) is 3.25. The van der Waals surface area contributed by atoms with E-state index >= 15 is 0 Å². The molecule has 2 aromatic heterocycles. The number of aromatic nitrogens is 3. The van der Waals surface area contributed by atoms with Crippen molar-refractivity contribution in [2.75, 3.05) is 13.1 Å². The minimum atomic E-state index is -4.43. The number of aryl methyl sites for hydroxylation is 1. The summed E-state index contributed by atoms with van der Waals surface area (Å²) in [4.78, 5) is 17.3. The molecule has 2 aliphatic rings. The minimum absolute atomic E-state index is 0.0164. The Kier molecular flexibility index (Phi) is 5.60. The number of hydrogen-bond donors (Lipinski definition) is 2. The van der Waals surface area contributed by atoms with Crippen molar-refractivity contribution in [2.24, 2.45) is 11.3 Å². The Morgan fingerprint density at radius 3 is 2.58 bits per heavy atom. The van der Waals surface area contributed by atoms with Crippen molar-refractivity contribution >= 4 is 28.0 Å². The van der Waals surface area contributed by atoms with Gasteiger partial charge in [0.15, 0.2) is 0 Å². The first-order chi connectivity index (χ1) is 15.8. The summed E-state index contributed by atoms with van der Waals surface area (Å²) in [6.07, 6.45) is -1.65. The number of alkyl halides is 3. The molecule has 2 N–H and O–H groups in total. The number of carbonyl (C=O) groups is 1. The maximum absolute atomic E-state index is 14.1. The molecule has 0 spiro atoms. The van der Waals surface area contributed by atoms with Crippen LogP contribution in [0.1, 0.15) is 42.4 Å². The number of carbonyl (C=O) groups excluding carboxylic acids is 1. The number of benzene rings is 1. The normalized spacial score (nSPS) is 19.4. The second kappa shape index (κ2) is 8.32. The fraction of sp³-hybridized carbons (Fsp3) is 0.478. The highest BCUT2D eigenvalue weighted by molar-refractivity contribution is 7.14. The summed E-state index contributed by atoms with van der Waals surface area (Å²) < 4.78 is 42.4. The van der Waals surface area contributed by atoms with Crippen LogP contribution in [0.15, 0.2) is 30.5 Å². The number of fused-ring (bicyclic) bond motifs is 1. The molecule has 1 saturated carbocycles. The molecule has 33 heavy (non-hydrogen) atoms.